The number of carbonyl (C=O) groups excluding carboxylic acids is 1. The second kappa shape index (κ2) is 6.75. The number of benzene rings is 2. The summed E-state index contributed by atoms with van der Waals surface area (Å²) in [4.78, 5) is 14.5. The molecule has 3 rings (SSSR count). The minimum atomic E-state index is -0.113. The number of esters is 1. The maximum atomic E-state index is 12.3. The third kappa shape index (κ3) is 3.37. The quantitative estimate of drug-likeness (QED) is 0.792. The van der Waals surface area contributed by atoms with Crippen LogP contribution in [0.5, 0.6) is 0 Å². The number of rotatable bonds is 5. The van der Waals surface area contributed by atoms with Crippen LogP contribution in [0.15, 0.2) is 60.7 Å². The van der Waals surface area contributed by atoms with Crippen LogP contribution in [-0.4, -0.2) is 23.0 Å². The van der Waals surface area contributed by atoms with Crippen LogP contribution in [0, 0.1) is 0 Å². The van der Waals surface area contributed by atoms with Gasteiger partial charge in [-0.3, -0.25) is 9.69 Å². The molecule has 1 fully saturated rings. The molecule has 22 heavy (non-hydrogen) atoms. The van der Waals surface area contributed by atoms with Crippen LogP contribution in [0.25, 0.3) is 0 Å². The minimum absolute atomic E-state index is 0.112. The molecule has 0 bridgehead atoms. The van der Waals surface area contributed by atoms with E-state index in [0.717, 1.165) is 18.5 Å². The Morgan fingerprint density at radius 1 is 1.05 bits per heavy atom. The van der Waals surface area contributed by atoms with Gasteiger partial charge in [0.2, 0.25) is 0 Å². The van der Waals surface area contributed by atoms with Crippen LogP contribution < -0.4 is 0 Å². The highest BCUT2D eigenvalue weighted by molar-refractivity contribution is 5.77. The molecule has 0 unspecified atom stereocenters. The summed E-state index contributed by atoms with van der Waals surface area (Å²) in [5.74, 6) is -0.113. The lowest BCUT2D eigenvalue weighted by molar-refractivity contribution is -0.160. The number of carbonyl (C=O) groups is 1. The van der Waals surface area contributed by atoms with E-state index in [1.807, 2.05) is 48.5 Å². The summed E-state index contributed by atoms with van der Waals surface area (Å²) < 4.78 is 5.47. The smallest absolute Gasteiger partial charge is 0.323 e. The van der Waals surface area contributed by atoms with Crippen LogP contribution in [0.3, 0.4) is 0 Å². The largest absolute Gasteiger partial charge is 0.460 e. The molecule has 1 saturated heterocycles. The van der Waals surface area contributed by atoms with Crippen molar-refractivity contribution in [3.05, 3.63) is 71.8 Å². The lowest BCUT2D eigenvalue weighted by Crippen LogP contribution is -2.57. The monoisotopic (exact) mass is 295 g/mol. The highest BCUT2D eigenvalue weighted by Crippen LogP contribution is 2.28. The van der Waals surface area contributed by atoms with Gasteiger partial charge in [0.15, 0.2) is 0 Å². The lowest BCUT2D eigenvalue weighted by Gasteiger charge is -2.45. The first-order chi connectivity index (χ1) is 10.7. The second-order valence-corrected chi connectivity index (χ2v) is 5.85. The molecule has 3 nitrogen and oxygen atoms in total. The topological polar surface area (TPSA) is 29.5 Å². The molecule has 0 radical (unpaired) electrons. The zero-order chi connectivity index (χ0) is 15.4. The van der Waals surface area contributed by atoms with Crippen molar-refractivity contribution in [3.63, 3.8) is 0 Å². The van der Waals surface area contributed by atoms with E-state index in [0.29, 0.717) is 12.6 Å². The van der Waals surface area contributed by atoms with Crippen molar-refractivity contribution < 1.29 is 9.53 Å². The average molecular weight is 295 g/mol. The first-order valence-corrected chi connectivity index (χ1v) is 7.74. The van der Waals surface area contributed by atoms with Crippen molar-refractivity contribution in [1.29, 1.82) is 0 Å². The van der Waals surface area contributed by atoms with Crippen LogP contribution >= 0.6 is 0 Å². The van der Waals surface area contributed by atoms with Gasteiger partial charge >= 0.3 is 5.97 Å². The van der Waals surface area contributed by atoms with Crippen LogP contribution in [0.4, 0.5) is 0 Å². The predicted molar refractivity (Wildman–Crippen MR) is 86.1 cm³/mol. The zero-order valence-corrected chi connectivity index (χ0v) is 12.8. The van der Waals surface area contributed by atoms with Crippen molar-refractivity contribution in [1.82, 2.24) is 4.90 Å². The van der Waals surface area contributed by atoms with Crippen molar-refractivity contribution >= 4 is 5.97 Å². The molecule has 0 aromatic heterocycles. The highest BCUT2D eigenvalue weighted by atomic mass is 16.5. The lowest BCUT2D eigenvalue weighted by atomic mass is 9.93. The molecule has 2 aromatic carbocycles. The number of likely N-dealkylation sites (tertiary alicyclic amines) is 1. The van der Waals surface area contributed by atoms with Gasteiger partial charge in [0.05, 0.1) is 0 Å². The van der Waals surface area contributed by atoms with Crippen LogP contribution in [0.2, 0.25) is 0 Å². The Morgan fingerprint density at radius 3 is 2.23 bits per heavy atom. The normalized spacial score (nSPS) is 21.1. The van der Waals surface area contributed by atoms with Crippen molar-refractivity contribution in [2.75, 3.05) is 0 Å². The maximum Gasteiger partial charge on any atom is 0.323 e. The summed E-state index contributed by atoms with van der Waals surface area (Å²) in [6, 6.07) is 20.4. The predicted octanol–water partition coefficient (Wildman–Crippen LogP) is 3.39. The molecular formula is C19H21NO2. The summed E-state index contributed by atoms with van der Waals surface area (Å²) in [6.45, 7) is 3.31. The Hall–Kier alpha value is -2.13. The van der Waals surface area contributed by atoms with Gasteiger partial charge in [-0.25, -0.2) is 0 Å². The summed E-state index contributed by atoms with van der Waals surface area (Å²) in [7, 11) is 0. The molecule has 0 spiro atoms. The Labute approximate surface area is 131 Å². The fourth-order valence-corrected chi connectivity index (χ4v) is 2.88. The molecule has 0 N–H and O–H groups in total. The molecule has 2 aromatic rings. The van der Waals surface area contributed by atoms with Crippen LogP contribution in [-0.2, 0) is 22.7 Å². The Morgan fingerprint density at radius 2 is 1.64 bits per heavy atom. The first-order valence-electron chi connectivity index (χ1n) is 7.74. The minimum Gasteiger partial charge on any atom is -0.460 e. The first kappa shape index (κ1) is 14.8. The molecule has 0 saturated carbocycles. The fourth-order valence-electron chi connectivity index (χ4n) is 2.88. The average Bonchev–Trinajstić information content (AvgIpc) is 2.57. The van der Waals surface area contributed by atoms with E-state index in [9.17, 15) is 4.79 Å². The van der Waals surface area contributed by atoms with Gasteiger partial charge in [0, 0.05) is 12.6 Å². The van der Waals surface area contributed by atoms with Gasteiger partial charge < -0.3 is 4.74 Å². The summed E-state index contributed by atoms with van der Waals surface area (Å²) in [5, 5.41) is 0. The van der Waals surface area contributed by atoms with Gasteiger partial charge in [-0.15, -0.1) is 0 Å². The number of hydrogen-bond acceptors (Lipinski definition) is 3. The van der Waals surface area contributed by atoms with E-state index in [2.05, 4.69) is 24.0 Å². The Kier molecular flexibility index (Phi) is 4.54. The number of nitrogens with zero attached hydrogens (tertiary/aromatic N) is 1. The molecule has 1 heterocycles. The van der Waals surface area contributed by atoms with E-state index in [1.165, 1.54) is 5.56 Å². The molecule has 1 aliphatic rings. The molecule has 0 amide bonds. The van der Waals surface area contributed by atoms with E-state index in [4.69, 9.17) is 4.74 Å². The van der Waals surface area contributed by atoms with Crippen molar-refractivity contribution in [3.8, 4) is 0 Å². The molecule has 2 atom stereocenters. The molecule has 3 heteroatoms. The van der Waals surface area contributed by atoms with E-state index in [-0.39, 0.29) is 12.0 Å². The summed E-state index contributed by atoms with van der Waals surface area (Å²) in [5.41, 5.74) is 2.26. The Balaban J connectivity index is 1.56. The van der Waals surface area contributed by atoms with Gasteiger partial charge in [-0.2, -0.15) is 0 Å². The molecule has 0 aliphatic carbocycles. The fraction of sp³-hybridized carbons (Fsp3) is 0.316. The Bertz CT molecular complexity index is 612. The third-order valence-electron chi connectivity index (χ3n) is 4.23. The van der Waals surface area contributed by atoms with Crippen molar-refractivity contribution in [2.24, 2.45) is 0 Å². The number of ether oxygens (including phenoxy) is 1. The van der Waals surface area contributed by atoms with Gasteiger partial charge in [0.25, 0.3) is 0 Å². The highest BCUT2D eigenvalue weighted by Gasteiger charge is 2.41. The zero-order valence-electron chi connectivity index (χ0n) is 12.8. The standard InChI is InChI=1S/C19H21NO2/c1-15-12-18(20(15)13-16-8-4-2-5-9-16)19(21)22-14-17-10-6-3-7-11-17/h2-11,15,18H,12-14H2,1H3/t15-,18+/m0/s1. The van der Waals surface area contributed by atoms with E-state index >= 15 is 0 Å². The SMILES string of the molecule is C[C@H]1C[C@H](C(=O)OCc2ccccc2)N1Cc1ccccc1. The number of hydrogen-bond donors (Lipinski definition) is 0. The van der Waals surface area contributed by atoms with Gasteiger partial charge in [-0.05, 0) is 24.5 Å². The third-order valence-corrected chi connectivity index (χ3v) is 4.23. The maximum absolute atomic E-state index is 12.3. The molecule has 1 aliphatic heterocycles. The summed E-state index contributed by atoms with van der Waals surface area (Å²) >= 11 is 0. The molecular weight excluding hydrogens is 274 g/mol. The second-order valence-electron chi connectivity index (χ2n) is 5.85. The van der Waals surface area contributed by atoms with E-state index in [1.54, 1.807) is 0 Å². The molecule has 114 valence electrons. The van der Waals surface area contributed by atoms with E-state index < -0.39 is 0 Å². The van der Waals surface area contributed by atoms with Crippen LogP contribution in [0.1, 0.15) is 24.5 Å². The summed E-state index contributed by atoms with van der Waals surface area (Å²) in [6.07, 6.45) is 0.875. The van der Waals surface area contributed by atoms with Gasteiger partial charge in [-0.1, -0.05) is 60.7 Å². The van der Waals surface area contributed by atoms with Gasteiger partial charge in [0.1, 0.15) is 12.6 Å². The van der Waals surface area contributed by atoms with Crippen molar-refractivity contribution in [2.45, 2.75) is 38.6 Å².